The highest BCUT2D eigenvalue weighted by Crippen LogP contribution is 2.24. The Labute approximate surface area is 155 Å². The van der Waals surface area contributed by atoms with Crippen LogP contribution in [0.5, 0.6) is 0 Å². The molecule has 0 unspecified atom stereocenters. The standard InChI is InChI=1S/C20H18N4O3/c1-23-20(27)16-9-3-2-8-15(16)18(22-23)19(26)21-13-6-4-7-14(12-13)24-11-5-10-17(24)25/h2-4,6-9,12H,5,10-11H2,1H3,(H,21,26). The molecule has 3 aromatic rings. The van der Waals surface area contributed by atoms with E-state index in [1.807, 2.05) is 6.07 Å². The number of amides is 2. The summed E-state index contributed by atoms with van der Waals surface area (Å²) in [5, 5.41) is 7.90. The maximum atomic E-state index is 12.8. The van der Waals surface area contributed by atoms with Gasteiger partial charge in [0.1, 0.15) is 0 Å². The molecule has 1 saturated heterocycles. The fourth-order valence-electron chi connectivity index (χ4n) is 3.33. The average Bonchev–Trinajstić information content (AvgIpc) is 3.11. The van der Waals surface area contributed by atoms with Gasteiger partial charge in [-0.2, -0.15) is 5.10 Å². The Morgan fingerprint density at radius 2 is 1.85 bits per heavy atom. The maximum absolute atomic E-state index is 12.8. The van der Waals surface area contributed by atoms with E-state index in [1.165, 1.54) is 7.05 Å². The van der Waals surface area contributed by atoms with Crippen molar-refractivity contribution in [1.29, 1.82) is 0 Å². The Morgan fingerprint density at radius 1 is 1.07 bits per heavy atom. The van der Waals surface area contributed by atoms with Crippen LogP contribution < -0.4 is 15.8 Å². The average molecular weight is 362 g/mol. The third kappa shape index (κ3) is 3.08. The minimum atomic E-state index is -0.410. The van der Waals surface area contributed by atoms with E-state index in [4.69, 9.17) is 0 Å². The lowest BCUT2D eigenvalue weighted by Crippen LogP contribution is -2.26. The summed E-state index contributed by atoms with van der Waals surface area (Å²) in [4.78, 5) is 38.7. The number of rotatable bonds is 3. The van der Waals surface area contributed by atoms with Gasteiger partial charge in [-0.05, 0) is 30.7 Å². The van der Waals surface area contributed by atoms with Crippen molar-refractivity contribution >= 4 is 34.0 Å². The zero-order chi connectivity index (χ0) is 19.0. The van der Waals surface area contributed by atoms with Crippen LogP contribution in [0.4, 0.5) is 11.4 Å². The first-order valence-electron chi connectivity index (χ1n) is 8.72. The van der Waals surface area contributed by atoms with Gasteiger partial charge in [0, 0.05) is 36.8 Å². The number of aromatic nitrogens is 2. The Bertz CT molecular complexity index is 1120. The van der Waals surface area contributed by atoms with Crippen LogP contribution in [-0.4, -0.2) is 28.1 Å². The van der Waals surface area contributed by atoms with Crippen molar-refractivity contribution in [3.05, 3.63) is 64.6 Å². The molecule has 7 nitrogen and oxygen atoms in total. The zero-order valence-electron chi connectivity index (χ0n) is 14.8. The molecule has 0 spiro atoms. The van der Waals surface area contributed by atoms with Crippen molar-refractivity contribution in [3.63, 3.8) is 0 Å². The molecule has 7 heteroatoms. The molecule has 136 valence electrons. The molecular formula is C20H18N4O3. The molecule has 0 saturated carbocycles. The Kier molecular flexibility index (Phi) is 4.19. The molecular weight excluding hydrogens is 344 g/mol. The van der Waals surface area contributed by atoms with E-state index < -0.39 is 5.91 Å². The first-order valence-corrected chi connectivity index (χ1v) is 8.72. The third-order valence-electron chi connectivity index (χ3n) is 4.66. The van der Waals surface area contributed by atoms with Crippen molar-refractivity contribution in [1.82, 2.24) is 9.78 Å². The number of carbonyl (C=O) groups is 2. The molecule has 1 N–H and O–H groups in total. The summed E-state index contributed by atoms with van der Waals surface area (Å²) >= 11 is 0. The van der Waals surface area contributed by atoms with Crippen LogP contribution >= 0.6 is 0 Å². The third-order valence-corrected chi connectivity index (χ3v) is 4.66. The highest BCUT2D eigenvalue weighted by molar-refractivity contribution is 6.11. The van der Waals surface area contributed by atoms with Gasteiger partial charge >= 0.3 is 0 Å². The van der Waals surface area contributed by atoms with Gasteiger partial charge < -0.3 is 10.2 Å². The van der Waals surface area contributed by atoms with Gasteiger partial charge in [0.2, 0.25) is 5.91 Å². The molecule has 4 rings (SSSR count). The SMILES string of the molecule is Cn1nc(C(=O)Nc2cccc(N3CCCC3=O)c2)c2ccccc2c1=O. The summed E-state index contributed by atoms with van der Waals surface area (Å²) in [6.07, 6.45) is 1.38. The molecule has 27 heavy (non-hydrogen) atoms. The van der Waals surface area contributed by atoms with Crippen LogP contribution in [0.1, 0.15) is 23.3 Å². The molecule has 0 bridgehead atoms. The lowest BCUT2D eigenvalue weighted by molar-refractivity contribution is -0.117. The van der Waals surface area contributed by atoms with E-state index in [0.717, 1.165) is 16.8 Å². The molecule has 0 aliphatic carbocycles. The Hall–Kier alpha value is -3.48. The topological polar surface area (TPSA) is 84.3 Å². The van der Waals surface area contributed by atoms with Gasteiger partial charge in [-0.3, -0.25) is 14.4 Å². The number of fused-ring (bicyclic) bond motifs is 1. The van der Waals surface area contributed by atoms with E-state index in [9.17, 15) is 14.4 Å². The number of nitrogens with zero attached hydrogens (tertiary/aromatic N) is 3. The van der Waals surface area contributed by atoms with E-state index in [1.54, 1.807) is 47.4 Å². The number of hydrogen-bond donors (Lipinski definition) is 1. The molecule has 0 atom stereocenters. The molecule has 2 aromatic carbocycles. The smallest absolute Gasteiger partial charge is 0.276 e. The van der Waals surface area contributed by atoms with Gasteiger partial charge in [-0.25, -0.2) is 4.68 Å². The number of hydrogen-bond acceptors (Lipinski definition) is 4. The number of anilines is 2. The van der Waals surface area contributed by atoms with E-state index in [0.29, 0.717) is 29.4 Å². The fourth-order valence-corrected chi connectivity index (χ4v) is 3.33. The molecule has 2 heterocycles. The molecule has 1 aromatic heterocycles. The minimum absolute atomic E-state index is 0.0872. The summed E-state index contributed by atoms with van der Waals surface area (Å²) in [7, 11) is 1.52. The molecule has 0 radical (unpaired) electrons. The van der Waals surface area contributed by atoms with Crippen LogP contribution in [0.3, 0.4) is 0 Å². The molecule has 2 amide bonds. The van der Waals surface area contributed by atoms with Crippen LogP contribution in [0.25, 0.3) is 10.8 Å². The second kappa shape index (κ2) is 6.68. The predicted octanol–water partition coefficient (Wildman–Crippen LogP) is 2.31. The van der Waals surface area contributed by atoms with Crippen LogP contribution in [0.15, 0.2) is 53.3 Å². The predicted molar refractivity (Wildman–Crippen MR) is 103 cm³/mol. The lowest BCUT2D eigenvalue weighted by atomic mass is 10.1. The van der Waals surface area contributed by atoms with Crippen molar-refractivity contribution in [2.45, 2.75) is 12.8 Å². The molecule has 1 aliphatic heterocycles. The van der Waals surface area contributed by atoms with Gasteiger partial charge in [0.05, 0.1) is 5.39 Å². The minimum Gasteiger partial charge on any atom is -0.321 e. The lowest BCUT2D eigenvalue weighted by Gasteiger charge is -2.17. The number of nitrogens with one attached hydrogen (secondary N) is 1. The molecule has 1 aliphatic rings. The Balaban J connectivity index is 1.68. The van der Waals surface area contributed by atoms with E-state index in [2.05, 4.69) is 10.4 Å². The van der Waals surface area contributed by atoms with Gasteiger partial charge in [-0.1, -0.05) is 24.3 Å². The second-order valence-electron chi connectivity index (χ2n) is 6.48. The summed E-state index contributed by atoms with van der Waals surface area (Å²) in [5.74, 6) is -0.323. The first-order chi connectivity index (χ1) is 13.0. The summed E-state index contributed by atoms with van der Waals surface area (Å²) < 4.78 is 1.16. The maximum Gasteiger partial charge on any atom is 0.276 e. The summed E-state index contributed by atoms with van der Waals surface area (Å²) in [6, 6.07) is 14.1. The van der Waals surface area contributed by atoms with Gasteiger partial charge in [0.15, 0.2) is 5.69 Å². The fraction of sp³-hybridized carbons (Fsp3) is 0.200. The quantitative estimate of drug-likeness (QED) is 0.775. The summed E-state index contributed by atoms with van der Waals surface area (Å²) in [6.45, 7) is 0.684. The zero-order valence-corrected chi connectivity index (χ0v) is 14.8. The summed E-state index contributed by atoms with van der Waals surface area (Å²) in [5.41, 5.74) is 1.25. The van der Waals surface area contributed by atoms with Crippen LogP contribution in [-0.2, 0) is 11.8 Å². The highest BCUT2D eigenvalue weighted by Gasteiger charge is 2.22. The largest absolute Gasteiger partial charge is 0.321 e. The van der Waals surface area contributed by atoms with Crippen LogP contribution in [0.2, 0.25) is 0 Å². The normalized spacial score (nSPS) is 14.0. The number of carbonyl (C=O) groups excluding carboxylic acids is 2. The van der Waals surface area contributed by atoms with Gasteiger partial charge in [-0.15, -0.1) is 0 Å². The number of benzene rings is 2. The number of aryl methyl sites for hydroxylation is 1. The van der Waals surface area contributed by atoms with E-state index in [-0.39, 0.29) is 17.2 Å². The Morgan fingerprint density at radius 3 is 2.59 bits per heavy atom. The van der Waals surface area contributed by atoms with Crippen LogP contribution in [0, 0.1) is 0 Å². The monoisotopic (exact) mass is 362 g/mol. The van der Waals surface area contributed by atoms with Crippen molar-refractivity contribution < 1.29 is 9.59 Å². The van der Waals surface area contributed by atoms with Gasteiger partial charge in [0.25, 0.3) is 11.5 Å². The van der Waals surface area contributed by atoms with Crippen molar-refractivity contribution in [3.8, 4) is 0 Å². The highest BCUT2D eigenvalue weighted by atomic mass is 16.2. The molecule has 1 fully saturated rings. The van der Waals surface area contributed by atoms with Crippen molar-refractivity contribution in [2.75, 3.05) is 16.8 Å². The second-order valence-corrected chi connectivity index (χ2v) is 6.48. The van der Waals surface area contributed by atoms with Crippen molar-refractivity contribution in [2.24, 2.45) is 7.05 Å². The van der Waals surface area contributed by atoms with E-state index >= 15 is 0 Å². The first kappa shape index (κ1) is 17.0.